The van der Waals surface area contributed by atoms with Crippen LogP contribution in [0.2, 0.25) is 0 Å². The Morgan fingerprint density at radius 1 is 1.19 bits per heavy atom. The molecule has 0 aliphatic heterocycles. The van der Waals surface area contributed by atoms with Gasteiger partial charge in [-0.2, -0.15) is 0 Å². The van der Waals surface area contributed by atoms with Crippen molar-refractivity contribution >= 4 is 29.3 Å². The molecule has 0 aliphatic rings. The van der Waals surface area contributed by atoms with Crippen LogP contribution in [0.3, 0.4) is 0 Å². The van der Waals surface area contributed by atoms with Crippen molar-refractivity contribution in [3.8, 4) is 0 Å². The number of aryl methyl sites for hydroxylation is 1. The second kappa shape index (κ2) is 9.92. The van der Waals surface area contributed by atoms with Crippen LogP contribution in [0.1, 0.15) is 41.5 Å². The lowest BCUT2D eigenvalue weighted by Crippen LogP contribution is -2.37. The number of carbonyl (C=O) groups excluding carboxylic acids is 2. The van der Waals surface area contributed by atoms with Crippen molar-refractivity contribution < 1.29 is 14.3 Å². The van der Waals surface area contributed by atoms with Crippen LogP contribution in [0.25, 0.3) is 6.08 Å². The summed E-state index contributed by atoms with van der Waals surface area (Å²) in [5.41, 5.74) is 1.19. The molecule has 5 heteroatoms. The van der Waals surface area contributed by atoms with Crippen LogP contribution >= 0.6 is 11.3 Å². The number of esters is 1. The molecule has 1 heterocycles. The van der Waals surface area contributed by atoms with E-state index in [0.29, 0.717) is 6.54 Å². The molecule has 0 radical (unpaired) electrons. The lowest BCUT2D eigenvalue weighted by atomic mass is 9.96. The van der Waals surface area contributed by atoms with E-state index in [-0.39, 0.29) is 11.8 Å². The van der Waals surface area contributed by atoms with Gasteiger partial charge in [-0.15, -0.1) is 11.3 Å². The highest BCUT2D eigenvalue weighted by molar-refractivity contribution is 7.12. The normalized spacial score (nSPS) is 13.3. The average Bonchev–Trinajstić information content (AvgIpc) is 3.06. The second-order valence-electron chi connectivity index (χ2n) is 6.12. The van der Waals surface area contributed by atoms with Crippen molar-refractivity contribution in [2.75, 3.05) is 6.54 Å². The molecular formula is C21H25NO3S. The predicted octanol–water partition coefficient (Wildman–Crippen LogP) is 4.31. The fraction of sp³-hybridized carbons (Fsp3) is 0.333. The van der Waals surface area contributed by atoms with E-state index in [4.69, 9.17) is 4.74 Å². The zero-order valence-corrected chi connectivity index (χ0v) is 16.2. The van der Waals surface area contributed by atoms with Gasteiger partial charge in [-0.05, 0) is 44.0 Å². The molecule has 0 bridgehead atoms. The van der Waals surface area contributed by atoms with Crippen molar-refractivity contribution in [3.63, 3.8) is 0 Å². The molecular weight excluding hydrogens is 346 g/mol. The van der Waals surface area contributed by atoms with Crippen molar-refractivity contribution in [2.45, 2.75) is 39.2 Å². The minimum Gasteiger partial charge on any atom is -0.449 e. The minimum absolute atomic E-state index is 0.241. The van der Waals surface area contributed by atoms with Crippen LogP contribution < -0.4 is 5.32 Å². The Labute approximate surface area is 158 Å². The molecule has 2 aromatic rings. The number of amides is 1. The van der Waals surface area contributed by atoms with Crippen molar-refractivity contribution in [1.82, 2.24) is 5.32 Å². The Bertz CT molecular complexity index is 752. The Hall–Kier alpha value is -2.40. The molecule has 0 saturated heterocycles. The number of rotatable bonds is 8. The van der Waals surface area contributed by atoms with Crippen LogP contribution in [0, 0.1) is 6.92 Å². The highest BCUT2D eigenvalue weighted by atomic mass is 32.1. The summed E-state index contributed by atoms with van der Waals surface area (Å²) < 4.78 is 5.18. The van der Waals surface area contributed by atoms with Gasteiger partial charge in [0, 0.05) is 28.3 Å². The number of hydrogen-bond acceptors (Lipinski definition) is 4. The fourth-order valence-corrected chi connectivity index (χ4v) is 3.33. The van der Waals surface area contributed by atoms with Gasteiger partial charge in [-0.25, -0.2) is 4.79 Å². The molecule has 0 spiro atoms. The summed E-state index contributed by atoms with van der Waals surface area (Å²) in [5, 5.41) is 2.88. The fourth-order valence-electron chi connectivity index (χ4n) is 2.55. The number of hydrogen-bond donors (Lipinski definition) is 1. The Kier molecular flexibility index (Phi) is 7.60. The van der Waals surface area contributed by atoms with Crippen LogP contribution in [0.15, 0.2) is 48.5 Å². The monoisotopic (exact) mass is 371 g/mol. The zero-order valence-electron chi connectivity index (χ0n) is 15.4. The second-order valence-corrected chi connectivity index (χ2v) is 7.44. The molecule has 1 aromatic carbocycles. The van der Waals surface area contributed by atoms with Gasteiger partial charge in [-0.3, -0.25) is 4.79 Å². The highest BCUT2D eigenvalue weighted by Crippen LogP contribution is 2.18. The average molecular weight is 372 g/mol. The quantitative estimate of drug-likeness (QED) is 0.556. The van der Waals surface area contributed by atoms with E-state index >= 15 is 0 Å². The van der Waals surface area contributed by atoms with Gasteiger partial charge in [0.2, 0.25) is 0 Å². The zero-order chi connectivity index (χ0) is 18.9. The molecule has 0 unspecified atom stereocenters. The lowest BCUT2D eigenvalue weighted by Gasteiger charge is -2.18. The molecule has 1 N–H and O–H groups in total. The Morgan fingerprint density at radius 2 is 1.92 bits per heavy atom. The summed E-state index contributed by atoms with van der Waals surface area (Å²) in [7, 11) is 0. The highest BCUT2D eigenvalue weighted by Gasteiger charge is 2.18. The number of carbonyl (C=O) groups is 2. The third-order valence-corrected chi connectivity index (χ3v) is 5.06. The maximum atomic E-state index is 12.2. The van der Waals surface area contributed by atoms with E-state index in [0.717, 1.165) is 11.3 Å². The molecule has 0 aliphatic carbocycles. The number of benzene rings is 1. The van der Waals surface area contributed by atoms with Crippen LogP contribution in [0.4, 0.5) is 0 Å². The largest absolute Gasteiger partial charge is 0.449 e. The summed E-state index contributed by atoms with van der Waals surface area (Å²) in [5.74, 6) is -0.563. The van der Waals surface area contributed by atoms with Crippen molar-refractivity contribution in [3.05, 3.63) is 63.9 Å². The van der Waals surface area contributed by atoms with Gasteiger partial charge in [0.1, 0.15) is 0 Å². The Balaban J connectivity index is 1.81. The molecule has 138 valence electrons. The molecule has 4 nitrogen and oxygen atoms in total. The number of ether oxygens (including phenoxy) is 1. The van der Waals surface area contributed by atoms with Gasteiger partial charge >= 0.3 is 5.97 Å². The molecule has 1 amide bonds. The molecule has 2 atom stereocenters. The molecule has 0 saturated carbocycles. The van der Waals surface area contributed by atoms with E-state index in [1.165, 1.54) is 16.5 Å². The first kappa shape index (κ1) is 19.9. The maximum absolute atomic E-state index is 12.2. The number of nitrogens with one attached hydrogen (secondary N) is 1. The summed E-state index contributed by atoms with van der Waals surface area (Å²) in [6.45, 7) is 6.20. The van der Waals surface area contributed by atoms with E-state index in [1.807, 2.05) is 37.3 Å². The minimum atomic E-state index is -0.828. The predicted molar refractivity (Wildman–Crippen MR) is 106 cm³/mol. The standard InChI is InChI=1S/C21H25NO3S/c1-4-17(18-8-6-5-7-9-18)14-22-21(24)16(3)25-20(23)13-12-19-11-10-15(2)26-19/h5-13,16-17H,4,14H2,1-3H3,(H,22,24)/b13-12+/t16-,17+/m0/s1. The topological polar surface area (TPSA) is 55.4 Å². The van der Waals surface area contributed by atoms with Crippen molar-refractivity contribution in [1.29, 1.82) is 0 Å². The molecule has 0 fully saturated rings. The van der Waals surface area contributed by atoms with E-state index < -0.39 is 12.1 Å². The summed E-state index contributed by atoms with van der Waals surface area (Å²) in [6.07, 6.45) is 3.15. The van der Waals surface area contributed by atoms with E-state index in [9.17, 15) is 9.59 Å². The van der Waals surface area contributed by atoms with Gasteiger partial charge in [0.25, 0.3) is 5.91 Å². The van der Waals surface area contributed by atoms with Crippen molar-refractivity contribution in [2.24, 2.45) is 0 Å². The summed E-state index contributed by atoms with van der Waals surface area (Å²) >= 11 is 1.59. The smallest absolute Gasteiger partial charge is 0.331 e. The van der Waals surface area contributed by atoms with E-state index in [1.54, 1.807) is 24.3 Å². The SMILES string of the molecule is CC[C@H](CNC(=O)[C@H](C)OC(=O)/C=C/c1ccc(C)s1)c1ccccc1. The molecule has 1 aromatic heterocycles. The lowest BCUT2D eigenvalue weighted by molar-refractivity contribution is -0.150. The molecule has 26 heavy (non-hydrogen) atoms. The van der Waals surface area contributed by atoms with Crippen LogP contribution in [0.5, 0.6) is 0 Å². The van der Waals surface area contributed by atoms with Gasteiger partial charge in [0.15, 0.2) is 6.10 Å². The van der Waals surface area contributed by atoms with Gasteiger partial charge in [0.05, 0.1) is 0 Å². The first-order chi connectivity index (χ1) is 12.5. The third-order valence-electron chi connectivity index (χ3n) is 4.09. The van der Waals surface area contributed by atoms with Gasteiger partial charge < -0.3 is 10.1 Å². The first-order valence-corrected chi connectivity index (χ1v) is 9.59. The van der Waals surface area contributed by atoms with E-state index in [2.05, 4.69) is 24.4 Å². The van der Waals surface area contributed by atoms with Crippen LogP contribution in [-0.2, 0) is 14.3 Å². The van der Waals surface area contributed by atoms with Gasteiger partial charge in [-0.1, -0.05) is 37.3 Å². The first-order valence-electron chi connectivity index (χ1n) is 8.77. The third kappa shape index (κ3) is 6.15. The van der Waals surface area contributed by atoms with Crippen LogP contribution in [-0.4, -0.2) is 24.5 Å². The number of thiophene rings is 1. The molecule has 2 rings (SSSR count). The summed E-state index contributed by atoms with van der Waals surface area (Å²) in [4.78, 5) is 26.2. The summed E-state index contributed by atoms with van der Waals surface area (Å²) in [6, 6.07) is 14.0. The Morgan fingerprint density at radius 3 is 2.54 bits per heavy atom. The maximum Gasteiger partial charge on any atom is 0.331 e.